The van der Waals surface area contributed by atoms with Crippen LogP contribution in [0.2, 0.25) is 0 Å². The summed E-state index contributed by atoms with van der Waals surface area (Å²) in [6.45, 7) is 35.5. The van der Waals surface area contributed by atoms with E-state index >= 15 is 0 Å². The summed E-state index contributed by atoms with van der Waals surface area (Å²) >= 11 is 5.30. The molecule has 6 aromatic rings. The van der Waals surface area contributed by atoms with Crippen molar-refractivity contribution in [3.05, 3.63) is 111 Å². The zero-order chi connectivity index (χ0) is 104. The lowest BCUT2D eigenvalue weighted by atomic mass is 9.87. The van der Waals surface area contributed by atoms with Gasteiger partial charge in [0.15, 0.2) is 33.5 Å². The number of anilines is 3. The van der Waals surface area contributed by atoms with Crippen LogP contribution < -0.4 is 33.9 Å². The third-order valence-corrected chi connectivity index (χ3v) is 28.5. The number of unbranched alkanes of at least 4 members (excludes halogenated alkanes) is 48. The summed E-state index contributed by atoms with van der Waals surface area (Å²) < 4.78 is 14.8. The van der Waals surface area contributed by atoms with Crippen molar-refractivity contribution in [3.63, 3.8) is 0 Å². The number of rotatable bonds is 74. The molecule has 6 heterocycles. The molecule has 3 fully saturated rings. The Balaban J connectivity index is 0.000000380. The SMILES string of the molecule is C=C(CCCCCCCC[C@H]1C[C@H](n2cnc3c(=O)[nH]c(N)nc32)C(=C)[C@@H]1CC)OOCCCCCCCC.C=C(CCCCCCCC[C@H]1C[C@H](n2cnc3c(=O)[nH]c(N)nc32)C(=C)[C@@H]1CO)OOCCCCCCCC.C=C1[C@H](CC)[C@@H](O)C[C@@H]1n1cnc2c(=O)[nH]c(N)nc21.CCCCCCCCCCCCCCCCCC(=O)Cl.CCCCCCCCCCCCCCCCCC(=O)O.O=S(Cl)Cl. The van der Waals surface area contributed by atoms with E-state index < -0.39 is 21.3 Å². The van der Waals surface area contributed by atoms with Gasteiger partial charge in [0.25, 0.3) is 16.7 Å². The van der Waals surface area contributed by atoms with Crippen LogP contribution in [0, 0.1) is 29.6 Å². The maximum atomic E-state index is 12.2. The molecule has 0 radical (unpaired) electrons. The number of allylic oxidation sites excluding steroid dienone is 3. The normalized spacial score (nSPS) is 17.6. The Morgan fingerprint density at radius 3 is 0.937 bits per heavy atom. The summed E-state index contributed by atoms with van der Waals surface area (Å²) in [5.74, 6) is 2.61. The van der Waals surface area contributed by atoms with Crippen LogP contribution in [-0.2, 0) is 38.4 Å². The predicted octanol–water partition coefficient (Wildman–Crippen LogP) is 29.1. The molecule has 0 aliphatic heterocycles. The topological polar surface area (TPSA) is 418 Å². The van der Waals surface area contributed by atoms with Crippen LogP contribution in [0.25, 0.3) is 33.5 Å². The van der Waals surface area contributed by atoms with Gasteiger partial charge in [-0.05, 0) is 124 Å². The Hall–Kier alpha value is -7.25. The number of carboxylic acid groups (broad SMARTS) is 1. The number of fused-ring (bicyclic) bond motifs is 3. The molecule has 9 rings (SSSR count). The summed E-state index contributed by atoms with van der Waals surface area (Å²) in [5.41, 5.74) is 21.6. The number of halogens is 3. The zero-order valence-electron chi connectivity index (χ0n) is 88.3. The minimum absolute atomic E-state index is 0.0427. The molecule has 9 atom stereocenters. The van der Waals surface area contributed by atoms with Gasteiger partial charge >= 0.3 is 5.97 Å². The minimum atomic E-state index is -1.67. The van der Waals surface area contributed by atoms with Gasteiger partial charge in [-0.25, -0.2) is 19.2 Å². The predicted molar refractivity (Wildman–Crippen MR) is 588 cm³/mol. The Labute approximate surface area is 867 Å². The Morgan fingerprint density at radius 1 is 0.401 bits per heavy atom. The summed E-state index contributed by atoms with van der Waals surface area (Å²) in [7, 11) is 7.36. The number of aliphatic hydroxyl groups excluding tert-OH is 2. The minimum Gasteiger partial charge on any atom is -0.481 e. The first-order valence-electron chi connectivity index (χ1n) is 55.3. The number of nitrogen functional groups attached to an aromatic ring is 3. The highest BCUT2D eigenvalue weighted by Crippen LogP contribution is 2.49. The van der Waals surface area contributed by atoms with Crippen molar-refractivity contribution in [1.29, 1.82) is 0 Å². The second kappa shape index (κ2) is 79.0. The first-order chi connectivity index (χ1) is 68.7. The molecule has 0 bridgehead atoms. The lowest BCUT2D eigenvalue weighted by Gasteiger charge is -2.18. The van der Waals surface area contributed by atoms with Crippen LogP contribution in [-0.4, -0.2) is 115 Å². The van der Waals surface area contributed by atoms with Gasteiger partial charge in [-0.15, -0.1) is 0 Å². The van der Waals surface area contributed by atoms with Gasteiger partial charge in [0, 0.05) is 65.5 Å². The monoisotopic (exact) mass is 2060 g/mol. The van der Waals surface area contributed by atoms with Crippen molar-refractivity contribution in [2.75, 3.05) is 37.0 Å². The number of H-pyrrole nitrogens is 3. The number of aromatic amines is 3. The van der Waals surface area contributed by atoms with Gasteiger partial charge in [-0.1, -0.05) is 388 Å². The highest BCUT2D eigenvalue weighted by Gasteiger charge is 2.41. The number of carbonyl (C=O) groups is 2. The van der Waals surface area contributed by atoms with E-state index in [0.29, 0.717) is 72.7 Å². The number of carboxylic acids is 1. The Morgan fingerprint density at radius 2 is 0.655 bits per heavy atom. The van der Waals surface area contributed by atoms with E-state index in [1.54, 1.807) is 23.5 Å². The summed E-state index contributed by atoms with van der Waals surface area (Å²) in [5, 5.41) is 28.5. The number of nitrogens with zero attached hydrogens (tertiary/aromatic N) is 9. The number of aliphatic carboxylic acids is 1. The molecule has 32 heteroatoms. The van der Waals surface area contributed by atoms with Crippen molar-refractivity contribution < 1.29 is 48.7 Å². The highest BCUT2D eigenvalue weighted by molar-refractivity contribution is 8.26. The van der Waals surface area contributed by atoms with Gasteiger partial charge in [0.2, 0.25) is 32.3 Å². The van der Waals surface area contributed by atoms with Gasteiger partial charge in [-0.3, -0.25) is 38.9 Å². The Bertz CT molecular complexity index is 4430. The fourth-order valence-corrected chi connectivity index (χ4v) is 20.3. The van der Waals surface area contributed by atoms with Gasteiger partial charge in [0.05, 0.1) is 56.4 Å². The van der Waals surface area contributed by atoms with Gasteiger partial charge in [0.1, 0.15) is 11.5 Å². The number of hydrogen-bond donors (Lipinski definition) is 9. The van der Waals surface area contributed by atoms with Gasteiger partial charge < -0.3 is 56.0 Å². The molecule has 0 saturated heterocycles. The van der Waals surface area contributed by atoms with Crippen LogP contribution in [0.15, 0.2) is 94.5 Å². The van der Waals surface area contributed by atoms with Crippen LogP contribution in [0.5, 0.6) is 0 Å². The third-order valence-electron chi connectivity index (χ3n) is 28.3. The van der Waals surface area contributed by atoms with E-state index in [2.05, 4.69) is 134 Å². The van der Waals surface area contributed by atoms with Crippen molar-refractivity contribution in [2.45, 2.75) is 483 Å². The summed E-state index contributed by atoms with van der Waals surface area (Å²) in [4.78, 5) is 111. The maximum Gasteiger partial charge on any atom is 0.303 e. The molecule has 12 N–H and O–H groups in total. The van der Waals surface area contributed by atoms with E-state index in [4.69, 9.17) is 57.7 Å². The molecule has 0 spiro atoms. The van der Waals surface area contributed by atoms with E-state index in [1.807, 2.05) is 16.1 Å². The van der Waals surface area contributed by atoms with E-state index in [-0.39, 0.29) is 87.4 Å². The molecule has 0 amide bonds. The van der Waals surface area contributed by atoms with E-state index in [9.17, 15) is 34.2 Å². The van der Waals surface area contributed by atoms with Crippen LogP contribution in [0.1, 0.15) is 477 Å². The molecule has 3 saturated carbocycles. The Kier molecular flexibility index (Phi) is 70.7. The van der Waals surface area contributed by atoms with Gasteiger partial charge in [-0.2, -0.15) is 24.7 Å². The molecule has 6 aromatic heterocycles. The van der Waals surface area contributed by atoms with Crippen molar-refractivity contribution >= 4 is 105 Å². The fraction of sp³-hybridized carbons (Fsp3) is 0.755. The van der Waals surface area contributed by atoms with Crippen LogP contribution in [0.4, 0.5) is 17.8 Å². The first kappa shape index (κ1) is 127. The summed E-state index contributed by atoms with van der Waals surface area (Å²) in [6, 6.07) is -0.0339. The molecular formula is C110H188Cl3N15O13S. The molecule has 808 valence electrons. The number of imidazole rings is 3. The van der Waals surface area contributed by atoms with E-state index in [1.165, 1.54) is 295 Å². The fourth-order valence-electron chi connectivity index (χ4n) is 20.1. The number of nitrogens with one attached hydrogen (secondary N) is 3. The average molecular weight is 2070 g/mol. The van der Waals surface area contributed by atoms with Crippen molar-refractivity contribution in [3.8, 4) is 0 Å². The molecule has 3 aliphatic rings. The lowest BCUT2D eigenvalue weighted by molar-refractivity contribution is -0.264. The lowest BCUT2D eigenvalue weighted by Crippen LogP contribution is -2.15. The number of aromatic nitrogens is 12. The third kappa shape index (κ3) is 52.4. The number of nitrogens with two attached hydrogens (primary N) is 3. The van der Waals surface area contributed by atoms with Crippen LogP contribution >= 0.6 is 33.0 Å². The molecule has 0 unspecified atom stereocenters. The highest BCUT2D eigenvalue weighted by atomic mass is 36.0. The average Bonchev–Trinajstić information content (AvgIpc) is 1.62. The van der Waals surface area contributed by atoms with Crippen molar-refractivity contribution in [2.24, 2.45) is 29.6 Å². The molecule has 28 nitrogen and oxygen atoms in total. The van der Waals surface area contributed by atoms with Crippen molar-refractivity contribution in [1.82, 2.24) is 58.6 Å². The number of carbonyl (C=O) groups excluding carboxylic acids is 1. The summed E-state index contributed by atoms with van der Waals surface area (Å²) in [6.07, 6.45) is 82.9. The molecular weight excluding hydrogens is 1880 g/mol. The zero-order valence-corrected chi connectivity index (χ0v) is 91.4. The maximum absolute atomic E-state index is 12.2. The molecule has 142 heavy (non-hydrogen) atoms. The first-order valence-corrected chi connectivity index (χ1v) is 58.5. The number of aliphatic hydroxyl groups is 2. The second-order valence-corrected chi connectivity index (χ2v) is 42.7. The molecule has 3 aliphatic carbocycles. The van der Waals surface area contributed by atoms with E-state index in [0.717, 1.165) is 132 Å². The number of hydrogen-bond acceptors (Lipinski definition) is 21. The largest absolute Gasteiger partial charge is 0.481 e. The second-order valence-electron chi connectivity index (χ2n) is 39.8. The standard InChI is InChI=1S/C31H51N5O3.C30H49N5O4.C18H35ClO.C18H36O2.C13H17N5O2.Cl2OS/c1-5-7-8-9-14-17-20-38-39-23(3)18-15-12-10-11-13-16-19-25-21-27(24(4)26(25)6-2)36-22-33-28-29(36)34-31(32)35-30(28)37;1-4-5-6-7-12-15-18-38-39-22(2)16-13-10-8-9-11-14-17-24-19-26(23(3)25(24)20-36)35-21-32-27-28(35)33-30(31)34-29(27)37;2*1-2-3-4-5-6-7-8-9-10-11-12-13-14-15-16-17-18(19)20;1-3-7-6(2)8(4-9(7)19)18-5-15-10-11(18)16-13(14)17-12(10)20;1-4(2)3/h22,25-27H,3-21H2,1-2H3,(H3,32,34,35,37);21,24-26,36H,2-20H2,1H3,(H3,31,33,34,37);2-17H2,1H3;2-17H2,1H3,(H,19,20);5,7-9,19H,2-4H2,1H3,(H3,14,16,17,20);/t25-,26-,27-;24-,25-,26-;;;7-,8-,9-;/m00..0./s1. The smallest absolute Gasteiger partial charge is 0.303 e. The molecule has 0 aromatic carbocycles. The quantitative estimate of drug-likeness (QED) is 0.00427. The van der Waals surface area contributed by atoms with Crippen LogP contribution in [0.3, 0.4) is 0 Å².